The van der Waals surface area contributed by atoms with Crippen molar-refractivity contribution < 1.29 is 13.2 Å². The quantitative estimate of drug-likeness (QED) is 0.396. The van der Waals surface area contributed by atoms with Crippen LogP contribution in [0.4, 0.5) is 13.2 Å². The van der Waals surface area contributed by atoms with Gasteiger partial charge in [0.1, 0.15) is 34.0 Å². The molecule has 0 aliphatic carbocycles. The van der Waals surface area contributed by atoms with E-state index in [-0.39, 0.29) is 21.5 Å². The van der Waals surface area contributed by atoms with Gasteiger partial charge in [-0.05, 0) is 12.1 Å². The number of benzene rings is 2. The minimum absolute atomic E-state index is 0.0745. The monoisotopic (exact) mass is 426 g/mol. The van der Waals surface area contributed by atoms with E-state index >= 15 is 0 Å². The van der Waals surface area contributed by atoms with Crippen molar-refractivity contribution in [1.82, 2.24) is 19.6 Å². The van der Waals surface area contributed by atoms with Crippen molar-refractivity contribution in [2.75, 3.05) is 0 Å². The summed E-state index contributed by atoms with van der Waals surface area (Å²) >= 11 is 13.5. The minimum Gasteiger partial charge on any atom is -0.207 e. The molecule has 0 unspecified atom stereocenters. The molecule has 4 aromatic rings. The Morgan fingerprint density at radius 1 is 0.963 bits per heavy atom. The Labute approximate surface area is 165 Å². The molecule has 4 rings (SSSR count). The highest BCUT2D eigenvalue weighted by Crippen LogP contribution is 2.43. The Balaban J connectivity index is 2.04. The predicted octanol–water partition coefficient (Wildman–Crippen LogP) is 5.67. The lowest BCUT2D eigenvalue weighted by atomic mass is 10.1. The molecule has 0 saturated heterocycles. The van der Waals surface area contributed by atoms with Crippen LogP contribution in [0.25, 0.3) is 16.9 Å². The smallest absolute Gasteiger partial charge is 0.207 e. The summed E-state index contributed by atoms with van der Waals surface area (Å²) in [7, 11) is 0. The van der Waals surface area contributed by atoms with E-state index in [2.05, 4.69) is 15.1 Å². The van der Waals surface area contributed by atoms with Gasteiger partial charge in [0.2, 0.25) is 0 Å². The van der Waals surface area contributed by atoms with Gasteiger partial charge in [0.15, 0.2) is 0 Å². The van der Waals surface area contributed by atoms with Gasteiger partial charge in [0, 0.05) is 17.0 Å². The first-order valence-electron chi connectivity index (χ1n) is 7.42. The van der Waals surface area contributed by atoms with Crippen molar-refractivity contribution >= 4 is 40.7 Å². The van der Waals surface area contributed by atoms with Crippen LogP contribution in [0.3, 0.4) is 0 Å². The molecule has 0 fully saturated rings. The van der Waals surface area contributed by atoms with Crippen LogP contribution in [-0.2, 0) is 0 Å². The standard InChI is InChI=1S/C17H7Cl2F3N4S/c18-9-3-1-2-4-12(9)27-16-14(13-10(21)5-8(20)6-11(13)22)15(19)25-17-23-7-24-26(16)17/h1-7H. The molecule has 0 atom stereocenters. The third-order valence-corrected chi connectivity index (χ3v) is 5.50. The van der Waals surface area contributed by atoms with Crippen LogP contribution in [0.2, 0.25) is 10.2 Å². The molecule has 2 aromatic heterocycles. The molecule has 0 saturated carbocycles. The van der Waals surface area contributed by atoms with Gasteiger partial charge >= 0.3 is 0 Å². The van der Waals surface area contributed by atoms with E-state index in [9.17, 15) is 13.2 Å². The number of fused-ring (bicyclic) bond motifs is 1. The second kappa shape index (κ2) is 7.03. The molecular formula is C17H7Cl2F3N4S. The number of hydrogen-bond acceptors (Lipinski definition) is 4. The van der Waals surface area contributed by atoms with Crippen molar-refractivity contribution in [2.45, 2.75) is 9.92 Å². The van der Waals surface area contributed by atoms with Crippen molar-refractivity contribution in [2.24, 2.45) is 0 Å². The number of hydrogen-bond donors (Lipinski definition) is 0. The van der Waals surface area contributed by atoms with Crippen molar-refractivity contribution in [3.63, 3.8) is 0 Å². The van der Waals surface area contributed by atoms with Crippen LogP contribution < -0.4 is 0 Å². The van der Waals surface area contributed by atoms with Gasteiger partial charge in [-0.15, -0.1) is 0 Å². The minimum atomic E-state index is -1.11. The highest BCUT2D eigenvalue weighted by atomic mass is 35.5. The normalized spacial score (nSPS) is 11.3. The Morgan fingerprint density at radius 2 is 1.67 bits per heavy atom. The molecule has 0 aliphatic heterocycles. The number of rotatable bonds is 3. The van der Waals surface area contributed by atoms with Crippen LogP contribution in [0, 0.1) is 17.5 Å². The van der Waals surface area contributed by atoms with E-state index < -0.39 is 23.0 Å². The van der Waals surface area contributed by atoms with Crippen LogP contribution in [-0.4, -0.2) is 19.6 Å². The zero-order valence-corrected chi connectivity index (χ0v) is 15.5. The lowest BCUT2D eigenvalue weighted by molar-refractivity contribution is 0.547. The van der Waals surface area contributed by atoms with Gasteiger partial charge in [-0.1, -0.05) is 47.1 Å². The third kappa shape index (κ3) is 3.24. The molecule has 136 valence electrons. The van der Waals surface area contributed by atoms with E-state index in [1.165, 1.54) is 10.8 Å². The van der Waals surface area contributed by atoms with Gasteiger partial charge in [0.25, 0.3) is 5.78 Å². The Morgan fingerprint density at radius 3 is 2.37 bits per heavy atom. The van der Waals surface area contributed by atoms with Crippen LogP contribution in [0.15, 0.2) is 52.6 Å². The topological polar surface area (TPSA) is 43.1 Å². The van der Waals surface area contributed by atoms with E-state index in [0.717, 1.165) is 11.8 Å². The van der Waals surface area contributed by atoms with Crippen molar-refractivity contribution in [1.29, 1.82) is 0 Å². The Kier molecular flexibility index (Phi) is 4.71. The second-order valence-electron chi connectivity index (χ2n) is 5.33. The molecule has 0 N–H and O–H groups in total. The first-order chi connectivity index (χ1) is 13.0. The zero-order valence-electron chi connectivity index (χ0n) is 13.1. The fourth-order valence-corrected chi connectivity index (χ4v) is 4.11. The van der Waals surface area contributed by atoms with Crippen LogP contribution >= 0.6 is 35.0 Å². The summed E-state index contributed by atoms with van der Waals surface area (Å²) in [6.45, 7) is 0. The molecule has 4 nitrogen and oxygen atoms in total. The average molecular weight is 427 g/mol. The van der Waals surface area contributed by atoms with Crippen LogP contribution in [0.1, 0.15) is 0 Å². The summed E-state index contributed by atoms with van der Waals surface area (Å²) in [5.41, 5.74) is -0.588. The molecule has 10 heteroatoms. The summed E-state index contributed by atoms with van der Waals surface area (Å²) < 4.78 is 43.5. The number of aromatic nitrogens is 4. The molecule has 0 amide bonds. The molecule has 2 heterocycles. The molecule has 0 aliphatic rings. The van der Waals surface area contributed by atoms with Gasteiger partial charge in [-0.2, -0.15) is 19.6 Å². The largest absolute Gasteiger partial charge is 0.254 e. The fraction of sp³-hybridized carbons (Fsp3) is 0. The van der Waals surface area contributed by atoms with E-state index in [4.69, 9.17) is 23.2 Å². The summed E-state index contributed by atoms with van der Waals surface area (Å²) in [6.07, 6.45) is 1.23. The van der Waals surface area contributed by atoms with Gasteiger partial charge in [-0.3, -0.25) is 0 Å². The van der Waals surface area contributed by atoms with Crippen LogP contribution in [0.5, 0.6) is 0 Å². The highest BCUT2D eigenvalue weighted by Gasteiger charge is 2.25. The van der Waals surface area contributed by atoms with Crippen molar-refractivity contribution in [3.8, 4) is 11.1 Å². The Hall–Kier alpha value is -2.29. The maximum atomic E-state index is 14.5. The zero-order chi connectivity index (χ0) is 19.1. The predicted molar refractivity (Wildman–Crippen MR) is 96.7 cm³/mol. The lowest BCUT2D eigenvalue weighted by Gasteiger charge is -2.14. The fourth-order valence-electron chi connectivity index (χ4n) is 2.51. The summed E-state index contributed by atoms with van der Waals surface area (Å²) in [5.74, 6) is -3.13. The van der Waals surface area contributed by atoms with E-state index in [1.54, 1.807) is 24.3 Å². The molecule has 0 radical (unpaired) electrons. The maximum absolute atomic E-state index is 14.5. The van der Waals surface area contributed by atoms with Gasteiger partial charge in [-0.25, -0.2) is 13.2 Å². The molecule has 27 heavy (non-hydrogen) atoms. The van der Waals surface area contributed by atoms with Crippen molar-refractivity contribution in [3.05, 3.63) is 70.4 Å². The average Bonchev–Trinajstić information content (AvgIpc) is 3.06. The number of halogens is 5. The van der Waals surface area contributed by atoms with Gasteiger partial charge in [0.05, 0.1) is 16.1 Å². The molecule has 0 bridgehead atoms. The van der Waals surface area contributed by atoms with E-state index in [1.807, 2.05) is 0 Å². The summed E-state index contributed by atoms with van der Waals surface area (Å²) in [4.78, 5) is 8.58. The first-order valence-corrected chi connectivity index (χ1v) is 8.99. The van der Waals surface area contributed by atoms with Gasteiger partial charge < -0.3 is 0 Å². The SMILES string of the molecule is Fc1cc(F)c(-c2c(Cl)nc3ncnn3c2Sc2ccccc2Cl)c(F)c1. The second-order valence-corrected chi connectivity index (χ2v) is 7.13. The van der Waals surface area contributed by atoms with E-state index in [0.29, 0.717) is 22.1 Å². The molecule has 0 spiro atoms. The summed E-state index contributed by atoms with van der Waals surface area (Å²) in [5, 5.41) is 4.51. The first kappa shape index (κ1) is 18.1. The molecule has 2 aromatic carbocycles. The lowest BCUT2D eigenvalue weighted by Crippen LogP contribution is -2.03. The maximum Gasteiger partial charge on any atom is 0.254 e. The molecular weight excluding hydrogens is 420 g/mol. The number of nitrogens with zero attached hydrogens (tertiary/aromatic N) is 4. The third-order valence-electron chi connectivity index (χ3n) is 3.64. The Bertz CT molecular complexity index is 1160. The summed E-state index contributed by atoms with van der Waals surface area (Å²) in [6, 6.07) is 8.05. The highest BCUT2D eigenvalue weighted by molar-refractivity contribution is 7.99.